The molecule has 5 rings (SSSR count). The number of aromatic nitrogens is 3. The van der Waals surface area contributed by atoms with Gasteiger partial charge in [0.25, 0.3) is 0 Å². The second-order valence-electron chi connectivity index (χ2n) is 10.1. The van der Waals surface area contributed by atoms with Crippen molar-refractivity contribution < 1.29 is 9.18 Å². The Morgan fingerprint density at radius 3 is 2.68 bits per heavy atom. The zero-order chi connectivity index (χ0) is 24.0. The van der Waals surface area contributed by atoms with Crippen LogP contribution in [0.4, 0.5) is 15.9 Å². The molecule has 0 saturated carbocycles. The zero-order valence-corrected chi connectivity index (χ0v) is 20.2. The summed E-state index contributed by atoms with van der Waals surface area (Å²) < 4.78 is 16.6. The molecule has 0 radical (unpaired) electrons. The Kier molecular flexibility index (Phi) is 5.67. The SMILES string of the molecule is C[C@@H]1CN(c2cc(N3CC(C(=O)NC(C)(C)c4cnc5ccccn45)C3)c(F)cn2)CCN1C. The summed E-state index contributed by atoms with van der Waals surface area (Å²) in [5.74, 6) is 0.210. The number of hydrogen-bond donors (Lipinski definition) is 1. The average Bonchev–Trinajstić information content (AvgIpc) is 3.21. The van der Waals surface area contributed by atoms with Crippen LogP contribution in [0, 0.1) is 11.7 Å². The average molecular weight is 466 g/mol. The number of carbonyl (C=O) groups is 1. The van der Waals surface area contributed by atoms with E-state index in [2.05, 4.69) is 39.1 Å². The third-order valence-electron chi connectivity index (χ3n) is 7.19. The maximum Gasteiger partial charge on any atom is 0.227 e. The Balaban J connectivity index is 1.24. The van der Waals surface area contributed by atoms with Crippen molar-refractivity contribution in [2.45, 2.75) is 32.4 Å². The quantitative estimate of drug-likeness (QED) is 0.625. The molecule has 8 nitrogen and oxygen atoms in total. The van der Waals surface area contributed by atoms with Crippen LogP contribution in [0.5, 0.6) is 0 Å². The molecular weight excluding hydrogens is 433 g/mol. The van der Waals surface area contributed by atoms with E-state index in [0.29, 0.717) is 24.8 Å². The summed E-state index contributed by atoms with van der Waals surface area (Å²) in [6.45, 7) is 9.77. The molecule has 34 heavy (non-hydrogen) atoms. The molecule has 1 amide bonds. The number of carbonyl (C=O) groups excluding carboxylic acids is 1. The lowest BCUT2D eigenvalue weighted by Gasteiger charge is -2.42. The van der Waals surface area contributed by atoms with Gasteiger partial charge in [-0.25, -0.2) is 14.4 Å². The van der Waals surface area contributed by atoms with Gasteiger partial charge in [-0.1, -0.05) is 6.07 Å². The first-order valence-corrected chi connectivity index (χ1v) is 11.8. The van der Waals surface area contributed by atoms with Gasteiger partial charge in [0.05, 0.1) is 35.2 Å². The lowest BCUT2D eigenvalue weighted by atomic mass is 9.94. The number of pyridine rings is 2. The van der Waals surface area contributed by atoms with E-state index in [4.69, 9.17) is 0 Å². The van der Waals surface area contributed by atoms with Crippen LogP contribution >= 0.6 is 0 Å². The summed E-state index contributed by atoms with van der Waals surface area (Å²) in [5, 5.41) is 3.17. The van der Waals surface area contributed by atoms with E-state index in [0.717, 1.165) is 36.8 Å². The van der Waals surface area contributed by atoms with E-state index in [1.807, 2.05) is 53.6 Å². The van der Waals surface area contributed by atoms with Gasteiger partial charge in [-0.3, -0.25) is 4.79 Å². The van der Waals surface area contributed by atoms with Crippen molar-refractivity contribution in [2.75, 3.05) is 49.6 Å². The number of hydrogen-bond acceptors (Lipinski definition) is 6. The Bertz CT molecular complexity index is 1200. The molecule has 0 aromatic carbocycles. The molecule has 1 N–H and O–H groups in total. The summed E-state index contributed by atoms with van der Waals surface area (Å²) in [7, 11) is 2.12. The van der Waals surface area contributed by atoms with Crippen LogP contribution in [0.3, 0.4) is 0 Å². The first kappa shape index (κ1) is 22.6. The fraction of sp³-hybridized carbons (Fsp3) is 0.480. The lowest BCUT2D eigenvalue weighted by Crippen LogP contribution is -2.57. The van der Waals surface area contributed by atoms with Crippen molar-refractivity contribution in [1.29, 1.82) is 0 Å². The molecule has 3 aromatic rings. The third-order valence-corrected chi connectivity index (χ3v) is 7.19. The number of anilines is 2. The number of fused-ring (bicyclic) bond motifs is 1. The maximum absolute atomic E-state index is 14.6. The van der Waals surface area contributed by atoms with Gasteiger partial charge in [-0.05, 0) is 40.0 Å². The van der Waals surface area contributed by atoms with E-state index < -0.39 is 5.54 Å². The minimum absolute atomic E-state index is 0.0327. The molecule has 180 valence electrons. The highest BCUT2D eigenvalue weighted by Gasteiger charge is 2.37. The second-order valence-corrected chi connectivity index (χ2v) is 10.1. The van der Waals surface area contributed by atoms with Crippen LogP contribution in [-0.4, -0.2) is 71.0 Å². The largest absolute Gasteiger partial charge is 0.367 e. The number of halogens is 1. The standard InChI is InChI=1S/C25H32FN7O/c1-17-14-31(10-9-30(17)4)23-11-20(19(26)12-27-23)32-15-18(16-32)24(34)29-25(2,3)21-13-28-22-7-5-6-8-33(21)22/h5-8,11-13,17-18H,9-10,14-16H2,1-4H3,(H,29,34)/t17-/m1/s1. The Hall–Kier alpha value is -3.20. The molecule has 9 heteroatoms. The number of amides is 1. The smallest absolute Gasteiger partial charge is 0.227 e. The normalized spacial score (nSPS) is 20.0. The molecule has 2 saturated heterocycles. The summed E-state index contributed by atoms with van der Waals surface area (Å²) >= 11 is 0. The van der Waals surface area contributed by atoms with Crippen molar-refractivity contribution in [2.24, 2.45) is 5.92 Å². The van der Waals surface area contributed by atoms with Crippen LogP contribution in [0.2, 0.25) is 0 Å². The maximum atomic E-state index is 14.6. The summed E-state index contributed by atoms with van der Waals surface area (Å²) in [4.78, 5) is 28.2. The first-order valence-electron chi connectivity index (χ1n) is 11.8. The van der Waals surface area contributed by atoms with Crippen molar-refractivity contribution in [3.05, 3.63) is 54.4 Å². The molecule has 0 spiro atoms. The van der Waals surface area contributed by atoms with E-state index in [1.54, 1.807) is 6.20 Å². The second kappa shape index (κ2) is 8.54. The van der Waals surface area contributed by atoms with Gasteiger partial charge >= 0.3 is 0 Å². The monoisotopic (exact) mass is 465 g/mol. The number of rotatable bonds is 5. The van der Waals surface area contributed by atoms with E-state index in [1.165, 1.54) is 6.20 Å². The van der Waals surface area contributed by atoms with Gasteiger partial charge in [0.2, 0.25) is 5.91 Å². The molecule has 1 atom stereocenters. The molecule has 5 heterocycles. The summed E-state index contributed by atoms with van der Waals surface area (Å²) in [6.07, 6.45) is 5.05. The highest BCUT2D eigenvalue weighted by Crippen LogP contribution is 2.31. The van der Waals surface area contributed by atoms with Gasteiger partial charge in [-0.2, -0.15) is 0 Å². The van der Waals surface area contributed by atoms with Crippen LogP contribution < -0.4 is 15.1 Å². The van der Waals surface area contributed by atoms with Crippen molar-refractivity contribution in [3.8, 4) is 0 Å². The molecule has 3 aromatic heterocycles. The predicted molar refractivity (Wildman–Crippen MR) is 131 cm³/mol. The van der Waals surface area contributed by atoms with Crippen LogP contribution in [0.25, 0.3) is 5.65 Å². The van der Waals surface area contributed by atoms with Crippen molar-refractivity contribution >= 4 is 23.1 Å². The Labute approximate surface area is 199 Å². The van der Waals surface area contributed by atoms with Crippen LogP contribution in [0.1, 0.15) is 26.5 Å². The van der Waals surface area contributed by atoms with Gasteiger partial charge < -0.3 is 24.4 Å². The molecular formula is C25H32FN7O. The van der Waals surface area contributed by atoms with E-state index >= 15 is 0 Å². The summed E-state index contributed by atoms with van der Waals surface area (Å²) in [5.41, 5.74) is 1.68. The molecule has 0 unspecified atom stereocenters. The van der Waals surface area contributed by atoms with Crippen molar-refractivity contribution in [3.63, 3.8) is 0 Å². The number of nitrogens with zero attached hydrogens (tertiary/aromatic N) is 6. The van der Waals surface area contributed by atoms with Gasteiger partial charge in [0.15, 0.2) is 5.82 Å². The molecule has 2 aliphatic heterocycles. The minimum Gasteiger partial charge on any atom is -0.367 e. The van der Waals surface area contributed by atoms with E-state index in [9.17, 15) is 9.18 Å². The minimum atomic E-state index is -0.592. The van der Waals surface area contributed by atoms with Crippen molar-refractivity contribution in [1.82, 2.24) is 24.6 Å². The van der Waals surface area contributed by atoms with Crippen LogP contribution in [-0.2, 0) is 10.3 Å². The number of nitrogens with one attached hydrogen (secondary N) is 1. The number of imidazole rings is 1. The topological polar surface area (TPSA) is 69.0 Å². The van der Waals surface area contributed by atoms with Gasteiger partial charge in [-0.15, -0.1) is 0 Å². The predicted octanol–water partition coefficient (Wildman–Crippen LogP) is 2.50. The Morgan fingerprint density at radius 1 is 1.12 bits per heavy atom. The molecule has 2 fully saturated rings. The molecule has 0 bridgehead atoms. The molecule has 0 aliphatic carbocycles. The number of likely N-dealkylation sites (N-methyl/N-ethyl adjacent to an activating group) is 1. The van der Waals surface area contributed by atoms with Gasteiger partial charge in [0, 0.05) is 51.0 Å². The zero-order valence-electron chi connectivity index (χ0n) is 20.2. The third kappa shape index (κ3) is 4.09. The highest BCUT2D eigenvalue weighted by atomic mass is 19.1. The molecule has 2 aliphatic rings. The van der Waals surface area contributed by atoms with E-state index in [-0.39, 0.29) is 17.6 Å². The fourth-order valence-corrected chi connectivity index (χ4v) is 4.80. The Morgan fingerprint density at radius 2 is 1.91 bits per heavy atom. The van der Waals surface area contributed by atoms with Gasteiger partial charge in [0.1, 0.15) is 11.5 Å². The summed E-state index contributed by atoms with van der Waals surface area (Å²) in [6, 6.07) is 8.06. The lowest BCUT2D eigenvalue weighted by molar-refractivity contribution is -0.127. The number of piperazine rings is 1. The first-order chi connectivity index (χ1) is 16.2. The fourth-order valence-electron chi connectivity index (χ4n) is 4.80. The highest BCUT2D eigenvalue weighted by molar-refractivity contribution is 5.83. The van der Waals surface area contributed by atoms with Crippen LogP contribution in [0.15, 0.2) is 42.9 Å².